The van der Waals surface area contributed by atoms with Gasteiger partial charge in [0.15, 0.2) is 22.2 Å². The number of carbonyl (C=O) groups is 1. The first-order chi connectivity index (χ1) is 15.4. The van der Waals surface area contributed by atoms with E-state index in [1.807, 2.05) is 19.1 Å². The van der Waals surface area contributed by atoms with Crippen molar-refractivity contribution in [1.29, 1.82) is 0 Å². The van der Waals surface area contributed by atoms with Gasteiger partial charge in [-0.1, -0.05) is 12.8 Å². The number of allylic oxidation sites excluding steroid dienone is 3. The summed E-state index contributed by atoms with van der Waals surface area (Å²) in [4.78, 5) is 11.0. The molecule has 34 heavy (non-hydrogen) atoms. The Morgan fingerprint density at radius 2 is 1.53 bits per heavy atom. The van der Waals surface area contributed by atoms with Crippen LogP contribution in [-0.2, 0) is 27.2 Å². The highest BCUT2D eigenvalue weighted by molar-refractivity contribution is 6.87. The fraction of sp³-hybridized carbons (Fsp3) is 0.708. The summed E-state index contributed by atoms with van der Waals surface area (Å²) in [7, 11) is -0.905. The number of methoxy groups -OCH3 is 3. The maximum atomic E-state index is 11.0. The van der Waals surface area contributed by atoms with Gasteiger partial charge in [-0.15, -0.1) is 0 Å². The van der Waals surface area contributed by atoms with Gasteiger partial charge < -0.3 is 27.5 Å². The van der Waals surface area contributed by atoms with E-state index in [1.54, 1.807) is 21.3 Å². The third-order valence-corrected chi connectivity index (χ3v) is 15.4. The zero-order valence-corrected chi connectivity index (χ0v) is 26.0. The summed E-state index contributed by atoms with van der Waals surface area (Å²) in [6.07, 6.45) is 8.85. The number of ether oxygens (including phenoxy) is 3. The summed E-state index contributed by atoms with van der Waals surface area (Å²) < 4.78 is 31.1. The number of hydrogen-bond acceptors (Lipinski definition) is 6. The molecule has 0 aromatic rings. The quantitative estimate of drug-likeness (QED) is 0.172. The van der Waals surface area contributed by atoms with E-state index in [2.05, 4.69) is 45.8 Å². The van der Waals surface area contributed by atoms with Crippen molar-refractivity contribution in [3.8, 4) is 0 Å². The number of unbranched alkanes of at least 4 members (excludes halogenated alkanes) is 1. The zero-order valence-electron chi connectivity index (χ0n) is 23.0. The third-order valence-electron chi connectivity index (χ3n) is 5.80. The van der Waals surface area contributed by atoms with Gasteiger partial charge in [0.2, 0.25) is 0 Å². The maximum Gasteiger partial charge on any atom is 0.328 e. The minimum absolute atomic E-state index is 0.614. The van der Waals surface area contributed by atoms with E-state index in [-0.39, 0.29) is 0 Å². The fourth-order valence-corrected chi connectivity index (χ4v) is 17.3. The van der Waals surface area contributed by atoms with Crippen LogP contribution < -0.4 is 0 Å². The molecule has 196 valence electrons. The zero-order chi connectivity index (χ0) is 26.4. The van der Waals surface area contributed by atoms with Crippen LogP contribution in [0.3, 0.4) is 0 Å². The van der Waals surface area contributed by atoms with E-state index in [9.17, 15) is 4.79 Å². The predicted molar refractivity (Wildman–Crippen MR) is 144 cm³/mol. The van der Waals surface area contributed by atoms with Crippen LogP contribution in [-0.4, -0.2) is 68.8 Å². The lowest BCUT2D eigenvalue weighted by Gasteiger charge is -2.48. The lowest BCUT2D eigenvalue weighted by molar-refractivity contribution is -0.156. The van der Waals surface area contributed by atoms with Crippen molar-refractivity contribution in [1.82, 2.24) is 0 Å². The number of aliphatic carboxylic acids is 1. The van der Waals surface area contributed by atoms with Crippen LogP contribution in [0.4, 0.5) is 0 Å². The average Bonchev–Trinajstić information content (AvgIpc) is 2.67. The SMILES string of the molecule is COC1=CC(C=CC(=O)O)=CC(C)(OC)C1(CCCC[Si](C)(O[Si](C)(C)C)O[Si](C)(C)C)OC. The largest absolute Gasteiger partial charge is 0.498 e. The molecule has 0 aliphatic heterocycles. The Morgan fingerprint density at radius 1 is 0.971 bits per heavy atom. The molecule has 1 rings (SSSR count). The van der Waals surface area contributed by atoms with Gasteiger partial charge >= 0.3 is 14.5 Å². The van der Waals surface area contributed by atoms with E-state index in [1.165, 1.54) is 6.08 Å². The molecule has 0 radical (unpaired) electrons. The summed E-state index contributed by atoms with van der Waals surface area (Å²) in [5.41, 5.74) is -0.984. The van der Waals surface area contributed by atoms with Crippen LogP contribution in [0.1, 0.15) is 26.2 Å². The molecule has 0 fully saturated rings. The fourth-order valence-electron chi connectivity index (χ4n) is 4.72. The van der Waals surface area contributed by atoms with Crippen LogP contribution in [0.15, 0.2) is 35.6 Å². The van der Waals surface area contributed by atoms with Crippen molar-refractivity contribution < 1.29 is 32.3 Å². The van der Waals surface area contributed by atoms with Crippen LogP contribution in [0.2, 0.25) is 51.9 Å². The first-order valence-electron chi connectivity index (χ1n) is 11.9. The van der Waals surface area contributed by atoms with E-state index in [0.717, 1.165) is 25.0 Å². The molecule has 2 unspecified atom stereocenters. The molecule has 0 aromatic heterocycles. The molecule has 1 aliphatic carbocycles. The lowest BCUT2D eigenvalue weighted by atomic mass is 9.73. The highest BCUT2D eigenvalue weighted by atomic mass is 28.5. The van der Waals surface area contributed by atoms with Crippen LogP contribution in [0.25, 0.3) is 0 Å². The van der Waals surface area contributed by atoms with Crippen molar-refractivity contribution in [2.24, 2.45) is 0 Å². The molecule has 0 heterocycles. The third kappa shape index (κ3) is 8.58. The molecule has 0 amide bonds. The minimum Gasteiger partial charge on any atom is -0.498 e. The van der Waals surface area contributed by atoms with Gasteiger partial charge in [0.1, 0.15) is 11.4 Å². The van der Waals surface area contributed by atoms with Crippen LogP contribution >= 0.6 is 0 Å². The van der Waals surface area contributed by atoms with Gasteiger partial charge in [-0.2, -0.15) is 0 Å². The number of carboxylic acid groups (broad SMARTS) is 1. The summed E-state index contributed by atoms with van der Waals surface area (Å²) >= 11 is 0. The molecule has 0 bridgehead atoms. The Kier molecular flexibility index (Phi) is 10.8. The Labute approximate surface area is 209 Å². The normalized spacial score (nSPS) is 24.2. The first kappa shape index (κ1) is 31.0. The van der Waals surface area contributed by atoms with Crippen molar-refractivity contribution >= 4 is 31.2 Å². The van der Waals surface area contributed by atoms with Gasteiger partial charge in [-0.05, 0) is 89.0 Å². The predicted octanol–water partition coefficient (Wildman–Crippen LogP) is 5.83. The molecule has 0 spiro atoms. The van der Waals surface area contributed by atoms with E-state index in [0.29, 0.717) is 17.8 Å². The number of hydrogen-bond donors (Lipinski definition) is 1. The van der Waals surface area contributed by atoms with E-state index in [4.69, 9.17) is 27.5 Å². The van der Waals surface area contributed by atoms with Crippen LogP contribution in [0, 0.1) is 0 Å². The Hall–Kier alpha value is -1.02. The monoisotopic (exact) mass is 530 g/mol. The van der Waals surface area contributed by atoms with Crippen molar-refractivity contribution in [3.05, 3.63) is 35.6 Å². The summed E-state index contributed by atoms with van der Waals surface area (Å²) in [6, 6.07) is 0.916. The van der Waals surface area contributed by atoms with Gasteiger partial charge in [0.05, 0.1) is 7.11 Å². The Morgan fingerprint density at radius 3 is 1.94 bits per heavy atom. The second-order valence-corrected chi connectivity index (χ2v) is 24.0. The van der Waals surface area contributed by atoms with Crippen molar-refractivity contribution in [2.75, 3.05) is 21.3 Å². The second kappa shape index (κ2) is 11.8. The molecule has 1 N–H and O–H groups in total. The smallest absolute Gasteiger partial charge is 0.328 e. The molecule has 10 heteroatoms. The highest BCUT2D eigenvalue weighted by Crippen LogP contribution is 2.45. The molecule has 1 aliphatic rings. The van der Waals surface area contributed by atoms with Gasteiger partial charge in [0, 0.05) is 20.3 Å². The minimum atomic E-state index is -2.31. The topological polar surface area (TPSA) is 83.5 Å². The molecule has 0 aromatic carbocycles. The molecule has 2 atom stereocenters. The van der Waals surface area contributed by atoms with Crippen molar-refractivity contribution in [2.45, 2.75) is 89.3 Å². The Balaban J connectivity index is 3.12. The van der Waals surface area contributed by atoms with E-state index >= 15 is 0 Å². The molecular weight excluding hydrogens is 485 g/mol. The van der Waals surface area contributed by atoms with E-state index < -0.39 is 42.4 Å². The second-order valence-electron chi connectivity index (χ2n) is 11.1. The molecule has 0 saturated heterocycles. The van der Waals surface area contributed by atoms with Crippen LogP contribution in [0.5, 0.6) is 0 Å². The first-order valence-corrected chi connectivity index (χ1v) is 21.2. The standard InChI is InChI=1S/C24H46O7Si3/c1-23(28-3)19-20(14-15-22(25)26)18-21(27-2)24(23,29-4)16-12-13-17-34(11,30-32(5,6)7)31-33(8,9)10/h14-15,18-19H,12-13,16-17H2,1-11H3,(H,25,26). The molecule has 0 saturated carbocycles. The number of carboxylic acids is 1. The molecule has 7 nitrogen and oxygen atoms in total. The average molecular weight is 531 g/mol. The summed E-state index contributed by atoms with van der Waals surface area (Å²) in [5, 5.41) is 9.02. The lowest BCUT2D eigenvalue weighted by Crippen LogP contribution is -2.57. The van der Waals surface area contributed by atoms with Crippen molar-refractivity contribution in [3.63, 3.8) is 0 Å². The maximum absolute atomic E-state index is 11.0. The van der Waals surface area contributed by atoms with Gasteiger partial charge in [-0.3, -0.25) is 0 Å². The highest BCUT2D eigenvalue weighted by Gasteiger charge is 2.53. The Bertz CT molecular complexity index is 779. The summed E-state index contributed by atoms with van der Waals surface area (Å²) in [5.74, 6) is -0.396. The van der Waals surface area contributed by atoms with Gasteiger partial charge in [0.25, 0.3) is 0 Å². The number of rotatable bonds is 14. The molecular formula is C24H46O7Si3. The summed E-state index contributed by atoms with van der Waals surface area (Å²) in [6.45, 7) is 17.5. The van der Waals surface area contributed by atoms with Gasteiger partial charge in [-0.25, -0.2) is 4.79 Å².